The molecule has 2 N–H and O–H groups in total. The summed E-state index contributed by atoms with van der Waals surface area (Å²) in [5.74, 6) is -1.20. The van der Waals surface area contributed by atoms with E-state index in [1.807, 2.05) is 17.5 Å². The number of furan rings is 1. The van der Waals surface area contributed by atoms with Crippen molar-refractivity contribution >= 4 is 29.1 Å². The van der Waals surface area contributed by atoms with Crippen molar-refractivity contribution in [1.82, 2.24) is 10.2 Å². The Labute approximate surface area is 148 Å². The van der Waals surface area contributed by atoms with Gasteiger partial charge in [-0.2, -0.15) is 0 Å². The fourth-order valence-corrected chi connectivity index (χ4v) is 4.04. The van der Waals surface area contributed by atoms with Crippen LogP contribution in [0.3, 0.4) is 0 Å². The van der Waals surface area contributed by atoms with Crippen LogP contribution in [0.1, 0.15) is 39.2 Å². The van der Waals surface area contributed by atoms with Gasteiger partial charge in [-0.15, -0.1) is 11.3 Å². The zero-order chi connectivity index (χ0) is 18.1. The van der Waals surface area contributed by atoms with Gasteiger partial charge in [0.05, 0.1) is 18.5 Å². The Morgan fingerprint density at radius 1 is 1.48 bits per heavy atom. The van der Waals surface area contributed by atoms with E-state index in [1.165, 1.54) is 17.4 Å². The minimum atomic E-state index is -1.07. The van der Waals surface area contributed by atoms with E-state index in [0.717, 1.165) is 4.88 Å². The van der Waals surface area contributed by atoms with Gasteiger partial charge in [0, 0.05) is 18.3 Å². The predicted octanol–water partition coefficient (Wildman–Crippen LogP) is 2.18. The number of amides is 2. The third-order valence-electron chi connectivity index (χ3n) is 4.39. The van der Waals surface area contributed by atoms with Crippen LogP contribution in [0.25, 0.3) is 0 Å². The van der Waals surface area contributed by atoms with Gasteiger partial charge in [0.1, 0.15) is 17.1 Å². The van der Waals surface area contributed by atoms with Crippen LogP contribution in [0.2, 0.25) is 0 Å². The molecular formula is C17H18N2O5S. The van der Waals surface area contributed by atoms with E-state index in [2.05, 4.69) is 5.32 Å². The number of rotatable bonds is 5. The van der Waals surface area contributed by atoms with Crippen LogP contribution in [0.4, 0.5) is 0 Å². The zero-order valence-corrected chi connectivity index (χ0v) is 14.6. The number of nitrogens with one attached hydrogen (secondary N) is 1. The monoisotopic (exact) mass is 362 g/mol. The average molecular weight is 362 g/mol. The molecule has 7 nitrogen and oxygen atoms in total. The molecule has 0 saturated carbocycles. The van der Waals surface area contributed by atoms with Crippen molar-refractivity contribution in [2.24, 2.45) is 5.92 Å². The lowest BCUT2D eigenvalue weighted by Gasteiger charge is -2.23. The standard InChI is InChI=1S/C17H18N2O5S/c1-9-11(17(22)23)6-10(24-9)8-18-16(21)12-7-14(20)19(2)15(12)13-4-3-5-25-13/h3-6,12,15H,7-8H2,1-2H3,(H,18,21)(H,22,23)/t12-,15+/m0/s1. The summed E-state index contributed by atoms with van der Waals surface area (Å²) < 4.78 is 5.36. The lowest BCUT2D eigenvalue weighted by Crippen LogP contribution is -2.33. The average Bonchev–Trinajstić information content (AvgIpc) is 3.26. The summed E-state index contributed by atoms with van der Waals surface area (Å²) in [4.78, 5) is 38.3. The van der Waals surface area contributed by atoms with Crippen molar-refractivity contribution in [1.29, 1.82) is 0 Å². The summed E-state index contributed by atoms with van der Waals surface area (Å²) >= 11 is 1.51. The van der Waals surface area contributed by atoms with Crippen molar-refractivity contribution in [3.05, 3.63) is 45.5 Å². The summed E-state index contributed by atoms with van der Waals surface area (Å²) in [6.45, 7) is 1.64. The van der Waals surface area contributed by atoms with Crippen LogP contribution in [0.5, 0.6) is 0 Å². The largest absolute Gasteiger partial charge is 0.478 e. The van der Waals surface area contributed by atoms with Gasteiger partial charge in [-0.3, -0.25) is 9.59 Å². The van der Waals surface area contributed by atoms with Gasteiger partial charge in [0.15, 0.2) is 0 Å². The maximum atomic E-state index is 12.6. The van der Waals surface area contributed by atoms with Gasteiger partial charge in [-0.1, -0.05) is 6.07 Å². The van der Waals surface area contributed by atoms with E-state index >= 15 is 0 Å². The van der Waals surface area contributed by atoms with Gasteiger partial charge in [0.25, 0.3) is 0 Å². The molecule has 1 fully saturated rings. The number of nitrogens with zero attached hydrogens (tertiary/aromatic N) is 1. The number of hydrogen-bond donors (Lipinski definition) is 2. The molecule has 0 radical (unpaired) electrons. The molecule has 0 spiro atoms. The first kappa shape index (κ1) is 17.2. The van der Waals surface area contributed by atoms with E-state index in [1.54, 1.807) is 18.9 Å². The Balaban J connectivity index is 1.71. The Kier molecular flexibility index (Phi) is 4.63. The summed E-state index contributed by atoms with van der Waals surface area (Å²) in [5, 5.41) is 13.7. The first-order chi connectivity index (χ1) is 11.9. The lowest BCUT2D eigenvalue weighted by atomic mass is 9.98. The van der Waals surface area contributed by atoms with Gasteiger partial charge in [-0.05, 0) is 24.4 Å². The molecule has 2 amide bonds. The topological polar surface area (TPSA) is 99.9 Å². The molecule has 1 aliphatic heterocycles. The fourth-order valence-electron chi connectivity index (χ4n) is 3.10. The van der Waals surface area contributed by atoms with Gasteiger partial charge >= 0.3 is 5.97 Å². The molecule has 3 rings (SSSR count). The molecule has 0 aliphatic carbocycles. The second-order valence-electron chi connectivity index (χ2n) is 5.98. The number of thiophene rings is 1. The summed E-state index contributed by atoms with van der Waals surface area (Å²) in [7, 11) is 1.70. The second-order valence-corrected chi connectivity index (χ2v) is 6.96. The number of aryl methyl sites for hydroxylation is 1. The SMILES string of the molecule is Cc1oc(CNC(=O)[C@H]2CC(=O)N(C)[C@H]2c2cccs2)cc1C(=O)O. The van der Waals surface area contributed by atoms with Crippen LogP contribution in [-0.2, 0) is 16.1 Å². The lowest BCUT2D eigenvalue weighted by molar-refractivity contribution is -0.128. The molecule has 1 saturated heterocycles. The fraction of sp³-hybridized carbons (Fsp3) is 0.353. The Morgan fingerprint density at radius 2 is 2.24 bits per heavy atom. The summed E-state index contributed by atoms with van der Waals surface area (Å²) in [6, 6.07) is 4.94. The van der Waals surface area contributed by atoms with Crippen molar-refractivity contribution in [2.45, 2.75) is 25.9 Å². The molecule has 0 unspecified atom stereocenters. The molecule has 3 heterocycles. The Morgan fingerprint density at radius 3 is 2.84 bits per heavy atom. The van der Waals surface area contributed by atoms with Crippen LogP contribution in [-0.4, -0.2) is 34.8 Å². The Hall–Kier alpha value is -2.61. The number of likely N-dealkylation sites (tertiary alicyclic amines) is 1. The highest BCUT2D eigenvalue weighted by Crippen LogP contribution is 2.39. The molecule has 0 aromatic carbocycles. The van der Waals surface area contributed by atoms with E-state index in [4.69, 9.17) is 9.52 Å². The minimum Gasteiger partial charge on any atom is -0.478 e. The normalized spacial score (nSPS) is 20.1. The van der Waals surface area contributed by atoms with Gasteiger partial charge in [0.2, 0.25) is 11.8 Å². The molecule has 2 atom stereocenters. The van der Waals surface area contributed by atoms with Crippen LogP contribution >= 0.6 is 11.3 Å². The number of carbonyl (C=O) groups is 3. The third kappa shape index (κ3) is 3.30. The van der Waals surface area contributed by atoms with E-state index < -0.39 is 11.9 Å². The molecule has 2 aromatic heterocycles. The highest BCUT2D eigenvalue weighted by Gasteiger charge is 2.43. The highest BCUT2D eigenvalue weighted by atomic mass is 32.1. The first-order valence-corrected chi connectivity index (χ1v) is 8.66. The quantitative estimate of drug-likeness (QED) is 0.849. The van der Waals surface area contributed by atoms with E-state index in [9.17, 15) is 14.4 Å². The molecule has 132 valence electrons. The molecular weight excluding hydrogens is 344 g/mol. The summed E-state index contributed by atoms with van der Waals surface area (Å²) in [5.41, 5.74) is 0.0801. The van der Waals surface area contributed by atoms with E-state index in [0.29, 0.717) is 11.5 Å². The van der Waals surface area contributed by atoms with Crippen LogP contribution in [0.15, 0.2) is 28.0 Å². The van der Waals surface area contributed by atoms with Crippen molar-refractivity contribution in [3.63, 3.8) is 0 Å². The highest BCUT2D eigenvalue weighted by molar-refractivity contribution is 7.10. The molecule has 25 heavy (non-hydrogen) atoms. The number of carboxylic acid groups (broad SMARTS) is 1. The molecule has 1 aliphatic rings. The third-order valence-corrected chi connectivity index (χ3v) is 5.34. The number of hydrogen-bond acceptors (Lipinski definition) is 5. The Bertz CT molecular complexity index is 811. The number of aromatic carboxylic acids is 1. The van der Waals surface area contributed by atoms with Gasteiger partial charge < -0.3 is 19.7 Å². The smallest absolute Gasteiger partial charge is 0.339 e. The van der Waals surface area contributed by atoms with Gasteiger partial charge in [-0.25, -0.2) is 4.79 Å². The first-order valence-electron chi connectivity index (χ1n) is 7.78. The second kappa shape index (κ2) is 6.72. The summed E-state index contributed by atoms with van der Waals surface area (Å²) in [6.07, 6.45) is 0.155. The van der Waals surface area contributed by atoms with E-state index in [-0.39, 0.29) is 36.4 Å². The van der Waals surface area contributed by atoms with Crippen molar-refractivity contribution in [3.8, 4) is 0 Å². The van der Waals surface area contributed by atoms with Crippen LogP contribution < -0.4 is 5.32 Å². The van der Waals surface area contributed by atoms with Crippen molar-refractivity contribution < 1.29 is 23.9 Å². The minimum absolute atomic E-state index is 0.0689. The number of carboxylic acids is 1. The maximum Gasteiger partial charge on any atom is 0.339 e. The predicted molar refractivity (Wildman–Crippen MR) is 90.2 cm³/mol. The molecule has 2 aromatic rings. The van der Waals surface area contributed by atoms with Crippen molar-refractivity contribution in [2.75, 3.05) is 7.05 Å². The zero-order valence-electron chi connectivity index (χ0n) is 13.8. The van der Waals surface area contributed by atoms with Crippen LogP contribution in [0, 0.1) is 12.8 Å². The number of carbonyl (C=O) groups excluding carboxylic acids is 2. The molecule has 8 heteroatoms. The maximum absolute atomic E-state index is 12.6. The molecule has 0 bridgehead atoms.